The summed E-state index contributed by atoms with van der Waals surface area (Å²) in [4.78, 5) is 15.3. The number of carbonyl (C=O) groups is 1. The third-order valence-corrected chi connectivity index (χ3v) is 5.58. The largest absolute Gasteiger partial charge is 0.292 e. The lowest BCUT2D eigenvalue weighted by atomic mass is 9.85. The van der Waals surface area contributed by atoms with Gasteiger partial charge in [-0.05, 0) is 50.6 Å². The maximum atomic E-state index is 12.8. The molecular weight excluding hydrogens is 258 g/mol. The molecule has 1 aliphatic carbocycles. The highest BCUT2D eigenvalue weighted by molar-refractivity contribution is 5.99. The second-order valence-corrected chi connectivity index (χ2v) is 6.73. The number of likely N-dealkylation sites (tertiary alicyclic amines) is 1. The number of hydrogen-bond donors (Lipinski definition) is 0. The summed E-state index contributed by atoms with van der Waals surface area (Å²) in [6, 6.07) is 8.89. The number of nitrogens with zero attached hydrogens (tertiary/aromatic N) is 1. The van der Waals surface area contributed by atoms with Crippen molar-refractivity contribution in [3.05, 3.63) is 35.4 Å². The molecule has 1 aromatic rings. The van der Waals surface area contributed by atoms with E-state index in [0.717, 1.165) is 24.4 Å². The van der Waals surface area contributed by atoms with Crippen LogP contribution in [0.15, 0.2) is 24.3 Å². The van der Waals surface area contributed by atoms with Gasteiger partial charge in [-0.25, -0.2) is 0 Å². The Bertz CT molecular complexity index is 493. The third kappa shape index (κ3) is 2.91. The highest BCUT2D eigenvalue weighted by Gasteiger charge is 2.39. The van der Waals surface area contributed by atoms with Crippen molar-refractivity contribution in [1.29, 1.82) is 0 Å². The fourth-order valence-corrected chi connectivity index (χ4v) is 4.22. The first-order chi connectivity index (χ1) is 10.2. The molecule has 0 bridgehead atoms. The highest BCUT2D eigenvalue weighted by atomic mass is 16.1. The second-order valence-electron chi connectivity index (χ2n) is 6.73. The predicted octanol–water partition coefficient (Wildman–Crippen LogP) is 4.08. The minimum atomic E-state index is 0.0329. The lowest BCUT2D eigenvalue weighted by Gasteiger charge is -2.35. The zero-order valence-electron chi connectivity index (χ0n) is 13.3. The molecule has 2 aliphatic rings. The molecule has 0 aromatic heterocycles. The Balaban J connectivity index is 1.71. The zero-order valence-corrected chi connectivity index (χ0v) is 13.3. The first-order valence-corrected chi connectivity index (χ1v) is 8.59. The second kappa shape index (κ2) is 6.31. The topological polar surface area (TPSA) is 20.3 Å². The molecule has 2 fully saturated rings. The van der Waals surface area contributed by atoms with Crippen LogP contribution in [0.2, 0.25) is 0 Å². The summed E-state index contributed by atoms with van der Waals surface area (Å²) < 4.78 is 0. The monoisotopic (exact) mass is 285 g/mol. The van der Waals surface area contributed by atoms with E-state index in [0.29, 0.717) is 11.8 Å². The summed E-state index contributed by atoms with van der Waals surface area (Å²) in [7, 11) is 0. The fraction of sp³-hybridized carbons (Fsp3) is 0.632. The molecule has 0 radical (unpaired) electrons. The number of carbonyl (C=O) groups excluding carboxylic acids is 1. The number of fused-ring (bicyclic) bond motifs is 1. The van der Waals surface area contributed by atoms with Gasteiger partial charge in [-0.2, -0.15) is 0 Å². The molecule has 3 atom stereocenters. The fourth-order valence-electron chi connectivity index (χ4n) is 4.22. The lowest BCUT2D eigenvalue weighted by molar-refractivity contribution is 0.0771. The van der Waals surface area contributed by atoms with E-state index in [2.05, 4.69) is 30.9 Å². The number of rotatable bonds is 4. The standard InChI is InChI=1S/C19H27NO/c1-3-15-8-10-17(11-9-15)19(21)14(2)20-13-12-16-6-4-5-7-18(16)20/h8-11,14,16,18H,3-7,12-13H2,1-2H3. The van der Waals surface area contributed by atoms with Gasteiger partial charge in [0.05, 0.1) is 6.04 Å². The summed E-state index contributed by atoms with van der Waals surface area (Å²) in [6.45, 7) is 5.36. The van der Waals surface area contributed by atoms with Gasteiger partial charge < -0.3 is 0 Å². The normalized spacial score (nSPS) is 27.3. The summed E-state index contributed by atoms with van der Waals surface area (Å²) in [5.41, 5.74) is 2.17. The average molecular weight is 285 g/mol. The molecule has 1 heterocycles. The number of Topliss-reactive ketones (excluding diaryl/α,β-unsaturated/α-hetero) is 1. The molecule has 0 spiro atoms. The molecule has 0 amide bonds. The van der Waals surface area contributed by atoms with E-state index in [4.69, 9.17) is 0 Å². The van der Waals surface area contributed by atoms with Crippen molar-refractivity contribution in [2.75, 3.05) is 6.54 Å². The van der Waals surface area contributed by atoms with Crippen LogP contribution in [-0.2, 0) is 6.42 Å². The van der Waals surface area contributed by atoms with Crippen LogP contribution in [-0.4, -0.2) is 29.3 Å². The van der Waals surface area contributed by atoms with E-state index in [1.807, 2.05) is 12.1 Å². The summed E-state index contributed by atoms with van der Waals surface area (Å²) in [6.07, 6.45) is 7.70. The molecule has 114 valence electrons. The molecule has 1 saturated carbocycles. The van der Waals surface area contributed by atoms with Gasteiger partial charge in [-0.3, -0.25) is 9.69 Å². The van der Waals surface area contributed by atoms with Crippen LogP contribution in [0, 0.1) is 5.92 Å². The van der Waals surface area contributed by atoms with Crippen molar-refractivity contribution in [2.24, 2.45) is 5.92 Å². The Labute approximate surface area is 128 Å². The van der Waals surface area contributed by atoms with Crippen LogP contribution in [0.1, 0.15) is 61.9 Å². The van der Waals surface area contributed by atoms with Gasteiger partial charge in [0.2, 0.25) is 0 Å². The summed E-state index contributed by atoms with van der Waals surface area (Å²) in [5, 5.41) is 0. The lowest BCUT2D eigenvalue weighted by Crippen LogP contribution is -2.44. The number of ketones is 1. The van der Waals surface area contributed by atoms with Crippen molar-refractivity contribution in [2.45, 2.75) is 64.5 Å². The van der Waals surface area contributed by atoms with E-state index in [-0.39, 0.29) is 6.04 Å². The van der Waals surface area contributed by atoms with E-state index >= 15 is 0 Å². The molecule has 1 saturated heterocycles. The average Bonchev–Trinajstić information content (AvgIpc) is 2.97. The van der Waals surface area contributed by atoms with Gasteiger partial charge in [0, 0.05) is 11.6 Å². The Hall–Kier alpha value is -1.15. The van der Waals surface area contributed by atoms with E-state index in [1.54, 1.807) is 0 Å². The van der Waals surface area contributed by atoms with Gasteiger partial charge >= 0.3 is 0 Å². The van der Waals surface area contributed by atoms with Gasteiger partial charge in [0.25, 0.3) is 0 Å². The van der Waals surface area contributed by atoms with Crippen LogP contribution in [0.25, 0.3) is 0 Å². The number of aryl methyl sites for hydroxylation is 1. The molecule has 3 unspecified atom stereocenters. The zero-order chi connectivity index (χ0) is 14.8. The van der Waals surface area contributed by atoms with Crippen LogP contribution >= 0.6 is 0 Å². The SMILES string of the molecule is CCc1ccc(C(=O)C(C)N2CCC3CCCCC32)cc1. The van der Waals surface area contributed by atoms with E-state index < -0.39 is 0 Å². The smallest absolute Gasteiger partial charge is 0.179 e. The molecule has 1 aromatic carbocycles. The van der Waals surface area contributed by atoms with Crippen molar-refractivity contribution in [1.82, 2.24) is 4.90 Å². The van der Waals surface area contributed by atoms with Crippen molar-refractivity contribution in [3.63, 3.8) is 0 Å². The molecule has 2 heteroatoms. The minimum absolute atomic E-state index is 0.0329. The summed E-state index contributed by atoms with van der Waals surface area (Å²) >= 11 is 0. The quantitative estimate of drug-likeness (QED) is 0.777. The van der Waals surface area contributed by atoms with Gasteiger partial charge in [-0.15, -0.1) is 0 Å². The Kier molecular flexibility index (Phi) is 4.44. The molecule has 2 nitrogen and oxygen atoms in total. The van der Waals surface area contributed by atoms with Crippen molar-refractivity contribution in [3.8, 4) is 0 Å². The Morgan fingerprint density at radius 2 is 1.90 bits per heavy atom. The van der Waals surface area contributed by atoms with Crippen molar-refractivity contribution < 1.29 is 4.79 Å². The number of hydrogen-bond acceptors (Lipinski definition) is 2. The highest BCUT2D eigenvalue weighted by Crippen LogP contribution is 2.37. The molecule has 1 aliphatic heterocycles. The van der Waals surface area contributed by atoms with Crippen LogP contribution in [0.3, 0.4) is 0 Å². The van der Waals surface area contributed by atoms with Gasteiger partial charge in [-0.1, -0.05) is 44.0 Å². The first-order valence-electron chi connectivity index (χ1n) is 8.59. The molecule has 21 heavy (non-hydrogen) atoms. The Morgan fingerprint density at radius 1 is 1.19 bits per heavy atom. The van der Waals surface area contributed by atoms with Crippen LogP contribution in [0.5, 0.6) is 0 Å². The first kappa shape index (κ1) is 14.8. The minimum Gasteiger partial charge on any atom is -0.292 e. The Morgan fingerprint density at radius 3 is 2.62 bits per heavy atom. The maximum absolute atomic E-state index is 12.8. The third-order valence-electron chi connectivity index (χ3n) is 5.58. The summed E-state index contributed by atoms with van der Waals surface area (Å²) in [5.74, 6) is 1.14. The van der Waals surface area contributed by atoms with E-state index in [9.17, 15) is 4.79 Å². The van der Waals surface area contributed by atoms with E-state index in [1.165, 1.54) is 37.7 Å². The molecular formula is C19H27NO. The van der Waals surface area contributed by atoms with Crippen molar-refractivity contribution >= 4 is 5.78 Å². The predicted molar refractivity (Wildman–Crippen MR) is 86.7 cm³/mol. The number of benzene rings is 1. The van der Waals surface area contributed by atoms with Crippen LogP contribution in [0.4, 0.5) is 0 Å². The van der Waals surface area contributed by atoms with Gasteiger partial charge in [0.1, 0.15) is 0 Å². The maximum Gasteiger partial charge on any atom is 0.179 e. The molecule has 0 N–H and O–H groups in total. The van der Waals surface area contributed by atoms with Gasteiger partial charge in [0.15, 0.2) is 5.78 Å². The molecule has 3 rings (SSSR count). The van der Waals surface area contributed by atoms with Crippen LogP contribution < -0.4 is 0 Å².